The third-order valence-electron chi connectivity index (χ3n) is 4.80. The molecule has 158 valence electrons. The highest BCUT2D eigenvalue weighted by atomic mass is 16.5. The van der Waals surface area contributed by atoms with E-state index in [1.165, 1.54) is 0 Å². The number of hydrogen-bond acceptors (Lipinski definition) is 6. The largest absolute Gasteiger partial charge is 0.497 e. The minimum absolute atomic E-state index is 0.139. The standard InChI is InChI=1S/C23H27N3O4/c1-6-19(29-20-12-15(2)10-11-16(20)3)23(27)26(4)14-21-24-22(25-30-21)17-8-7-9-18(13-17)28-5/h7-13,19H,6,14H2,1-5H3/t19-/m0/s1. The fraction of sp³-hybridized carbons (Fsp3) is 0.348. The van der Waals surface area contributed by atoms with Crippen LogP contribution in [-0.2, 0) is 11.3 Å². The van der Waals surface area contributed by atoms with Crippen molar-refractivity contribution in [2.45, 2.75) is 39.8 Å². The van der Waals surface area contributed by atoms with Gasteiger partial charge >= 0.3 is 0 Å². The predicted octanol–water partition coefficient (Wildman–Crippen LogP) is 4.18. The van der Waals surface area contributed by atoms with Crippen molar-refractivity contribution in [1.29, 1.82) is 0 Å². The lowest BCUT2D eigenvalue weighted by Crippen LogP contribution is -2.39. The summed E-state index contributed by atoms with van der Waals surface area (Å²) in [4.78, 5) is 18.9. The fourth-order valence-electron chi connectivity index (χ4n) is 3.02. The molecular formula is C23H27N3O4. The number of nitrogens with zero attached hydrogens (tertiary/aromatic N) is 3. The van der Waals surface area contributed by atoms with Gasteiger partial charge in [0.2, 0.25) is 11.7 Å². The minimum Gasteiger partial charge on any atom is -0.497 e. The predicted molar refractivity (Wildman–Crippen MR) is 113 cm³/mol. The lowest BCUT2D eigenvalue weighted by atomic mass is 10.1. The van der Waals surface area contributed by atoms with Crippen molar-refractivity contribution in [2.75, 3.05) is 14.2 Å². The second-order valence-corrected chi connectivity index (χ2v) is 7.22. The first-order chi connectivity index (χ1) is 14.4. The molecule has 0 radical (unpaired) electrons. The highest BCUT2D eigenvalue weighted by Crippen LogP contribution is 2.23. The molecule has 0 unspecified atom stereocenters. The summed E-state index contributed by atoms with van der Waals surface area (Å²) in [6, 6.07) is 13.4. The van der Waals surface area contributed by atoms with E-state index in [2.05, 4.69) is 10.1 Å². The van der Waals surface area contributed by atoms with Crippen LogP contribution in [0.3, 0.4) is 0 Å². The van der Waals surface area contributed by atoms with Gasteiger partial charge in [-0.25, -0.2) is 0 Å². The first kappa shape index (κ1) is 21.4. The van der Waals surface area contributed by atoms with Crippen molar-refractivity contribution < 1.29 is 18.8 Å². The number of carbonyl (C=O) groups is 1. The van der Waals surface area contributed by atoms with Crippen LogP contribution >= 0.6 is 0 Å². The maximum atomic E-state index is 12.9. The Bertz CT molecular complexity index is 1020. The van der Waals surface area contributed by atoms with E-state index < -0.39 is 6.10 Å². The van der Waals surface area contributed by atoms with Crippen LogP contribution in [0.1, 0.15) is 30.4 Å². The molecule has 1 atom stereocenters. The van der Waals surface area contributed by atoms with Crippen LogP contribution in [0, 0.1) is 13.8 Å². The number of likely N-dealkylation sites (N-methyl/N-ethyl adjacent to an activating group) is 1. The zero-order chi connectivity index (χ0) is 21.7. The van der Waals surface area contributed by atoms with Gasteiger partial charge in [0.25, 0.3) is 5.91 Å². The van der Waals surface area contributed by atoms with Gasteiger partial charge in [-0.2, -0.15) is 4.98 Å². The smallest absolute Gasteiger partial charge is 0.263 e. The molecule has 1 amide bonds. The Morgan fingerprint density at radius 1 is 1.20 bits per heavy atom. The molecule has 0 spiro atoms. The summed E-state index contributed by atoms with van der Waals surface area (Å²) in [5, 5.41) is 4.02. The normalized spacial score (nSPS) is 11.8. The number of amides is 1. The van der Waals surface area contributed by atoms with Crippen molar-refractivity contribution in [3.05, 3.63) is 59.5 Å². The lowest BCUT2D eigenvalue weighted by Gasteiger charge is -2.23. The summed E-state index contributed by atoms with van der Waals surface area (Å²) in [5.74, 6) is 2.09. The average Bonchev–Trinajstić information content (AvgIpc) is 3.22. The number of aryl methyl sites for hydroxylation is 2. The van der Waals surface area contributed by atoms with Crippen LogP contribution in [-0.4, -0.2) is 41.2 Å². The van der Waals surface area contributed by atoms with Gasteiger partial charge in [0, 0.05) is 12.6 Å². The molecular weight excluding hydrogens is 382 g/mol. The number of methoxy groups -OCH3 is 1. The fourth-order valence-corrected chi connectivity index (χ4v) is 3.02. The lowest BCUT2D eigenvalue weighted by molar-refractivity contribution is -0.138. The molecule has 3 aromatic rings. The Kier molecular flexibility index (Phi) is 6.72. The van der Waals surface area contributed by atoms with Crippen molar-refractivity contribution in [2.24, 2.45) is 0 Å². The molecule has 3 rings (SSSR count). The van der Waals surface area contributed by atoms with Gasteiger partial charge in [-0.3, -0.25) is 4.79 Å². The van der Waals surface area contributed by atoms with Gasteiger partial charge in [-0.1, -0.05) is 36.3 Å². The Labute approximate surface area is 176 Å². The zero-order valence-electron chi connectivity index (χ0n) is 18.0. The van der Waals surface area contributed by atoms with Crippen LogP contribution in [0.5, 0.6) is 11.5 Å². The molecule has 0 fully saturated rings. The number of rotatable bonds is 8. The minimum atomic E-state index is -0.587. The molecule has 0 bridgehead atoms. The van der Waals surface area contributed by atoms with Gasteiger partial charge in [0.05, 0.1) is 13.7 Å². The molecule has 0 aliphatic rings. The molecule has 2 aromatic carbocycles. The maximum absolute atomic E-state index is 12.9. The molecule has 0 saturated heterocycles. The third kappa shape index (κ3) is 4.97. The van der Waals surface area contributed by atoms with Crippen molar-refractivity contribution in [3.63, 3.8) is 0 Å². The van der Waals surface area contributed by atoms with E-state index in [9.17, 15) is 4.79 Å². The van der Waals surface area contributed by atoms with E-state index in [1.54, 1.807) is 19.1 Å². The molecule has 1 aromatic heterocycles. The summed E-state index contributed by atoms with van der Waals surface area (Å²) < 4.78 is 16.6. The van der Waals surface area contributed by atoms with Crippen molar-refractivity contribution >= 4 is 5.91 Å². The Hall–Kier alpha value is -3.35. The van der Waals surface area contributed by atoms with Gasteiger partial charge in [-0.05, 0) is 49.6 Å². The summed E-state index contributed by atoms with van der Waals surface area (Å²) >= 11 is 0. The van der Waals surface area contributed by atoms with Crippen molar-refractivity contribution in [1.82, 2.24) is 15.0 Å². The van der Waals surface area contributed by atoms with Crippen LogP contribution in [0.15, 0.2) is 47.0 Å². The second kappa shape index (κ2) is 9.43. The highest BCUT2D eigenvalue weighted by molar-refractivity contribution is 5.81. The van der Waals surface area contributed by atoms with Crippen LogP contribution in [0.2, 0.25) is 0 Å². The average molecular weight is 409 g/mol. The number of aromatic nitrogens is 2. The highest BCUT2D eigenvalue weighted by Gasteiger charge is 2.24. The van der Waals surface area contributed by atoms with E-state index in [1.807, 2.05) is 63.2 Å². The van der Waals surface area contributed by atoms with E-state index >= 15 is 0 Å². The Morgan fingerprint density at radius 2 is 2.00 bits per heavy atom. The Morgan fingerprint density at radius 3 is 2.73 bits per heavy atom. The van der Waals surface area contributed by atoms with Crippen molar-refractivity contribution in [3.8, 4) is 22.9 Å². The number of carbonyl (C=O) groups excluding carboxylic acids is 1. The SMILES string of the molecule is CC[C@H](Oc1cc(C)ccc1C)C(=O)N(C)Cc1nc(-c2cccc(OC)c2)no1. The summed E-state index contributed by atoms with van der Waals surface area (Å²) in [6.45, 7) is 6.09. The van der Waals surface area contributed by atoms with Crippen LogP contribution in [0.4, 0.5) is 0 Å². The van der Waals surface area contributed by atoms with Crippen LogP contribution in [0.25, 0.3) is 11.4 Å². The van der Waals surface area contributed by atoms with E-state index in [0.717, 1.165) is 22.4 Å². The first-order valence-corrected chi connectivity index (χ1v) is 9.87. The number of hydrogen-bond donors (Lipinski definition) is 0. The van der Waals surface area contributed by atoms with Gasteiger partial charge in [0.1, 0.15) is 11.5 Å². The summed E-state index contributed by atoms with van der Waals surface area (Å²) in [7, 11) is 3.30. The molecule has 0 saturated carbocycles. The van der Waals surface area contributed by atoms with E-state index in [4.69, 9.17) is 14.0 Å². The number of ether oxygens (including phenoxy) is 2. The maximum Gasteiger partial charge on any atom is 0.263 e. The zero-order valence-corrected chi connectivity index (χ0v) is 18.0. The molecule has 30 heavy (non-hydrogen) atoms. The van der Waals surface area contributed by atoms with Gasteiger partial charge in [0.15, 0.2) is 6.10 Å². The monoisotopic (exact) mass is 409 g/mol. The Balaban J connectivity index is 1.68. The molecule has 7 nitrogen and oxygen atoms in total. The topological polar surface area (TPSA) is 77.7 Å². The summed E-state index contributed by atoms with van der Waals surface area (Å²) in [5.41, 5.74) is 2.86. The molecule has 1 heterocycles. The third-order valence-corrected chi connectivity index (χ3v) is 4.80. The quantitative estimate of drug-likeness (QED) is 0.555. The summed E-state index contributed by atoms with van der Waals surface area (Å²) in [6.07, 6.45) is -0.0357. The van der Waals surface area contributed by atoms with E-state index in [0.29, 0.717) is 23.9 Å². The van der Waals surface area contributed by atoms with Crippen LogP contribution < -0.4 is 9.47 Å². The molecule has 0 N–H and O–H groups in total. The first-order valence-electron chi connectivity index (χ1n) is 9.87. The molecule has 0 aliphatic carbocycles. The molecule has 7 heteroatoms. The molecule has 0 aliphatic heterocycles. The van der Waals surface area contributed by atoms with Gasteiger partial charge < -0.3 is 18.9 Å². The number of benzene rings is 2. The second-order valence-electron chi connectivity index (χ2n) is 7.22. The van der Waals surface area contributed by atoms with Gasteiger partial charge in [-0.15, -0.1) is 0 Å². The van der Waals surface area contributed by atoms with E-state index in [-0.39, 0.29) is 12.5 Å².